The maximum Gasteiger partial charge on any atom is 0.336 e. The van der Waals surface area contributed by atoms with Crippen molar-refractivity contribution in [3.05, 3.63) is 118 Å². The number of allylic oxidation sites excluding steroid dienone is 2. The minimum Gasteiger partial charge on any atom is -0.490 e. The van der Waals surface area contributed by atoms with Crippen LogP contribution in [0.2, 0.25) is 0 Å². The summed E-state index contributed by atoms with van der Waals surface area (Å²) in [6.07, 6.45) is 6.64. The summed E-state index contributed by atoms with van der Waals surface area (Å²) in [7, 11) is 0. The molecule has 0 bridgehead atoms. The van der Waals surface area contributed by atoms with Gasteiger partial charge in [-0.25, -0.2) is 4.79 Å². The minimum absolute atomic E-state index is 0.204. The topological polar surface area (TPSA) is 103 Å². The van der Waals surface area contributed by atoms with E-state index in [-0.39, 0.29) is 17.4 Å². The smallest absolute Gasteiger partial charge is 0.336 e. The molecule has 0 radical (unpaired) electrons. The second-order valence-electron chi connectivity index (χ2n) is 9.48. The van der Waals surface area contributed by atoms with Gasteiger partial charge in [0.2, 0.25) is 0 Å². The number of anilines is 1. The number of benzene rings is 3. The zero-order chi connectivity index (χ0) is 27.9. The Hall–Kier alpha value is -5.27. The third kappa shape index (κ3) is 6.06. The number of aromatic carboxylic acids is 1. The molecular formula is C33H27N3O4. The molecule has 198 valence electrons. The lowest BCUT2D eigenvalue weighted by Crippen LogP contribution is -2.34. The monoisotopic (exact) mass is 529 g/mol. The van der Waals surface area contributed by atoms with Crippen LogP contribution in [0.25, 0.3) is 0 Å². The normalized spacial score (nSPS) is 17.7. The first-order chi connectivity index (χ1) is 19.5. The number of carboxylic acids is 1. The number of fused-ring (bicyclic) bond motifs is 1. The molecule has 1 unspecified atom stereocenters. The third-order valence-electron chi connectivity index (χ3n) is 6.84. The highest BCUT2D eigenvalue weighted by Crippen LogP contribution is 2.33. The lowest BCUT2D eigenvalue weighted by atomic mass is 9.92. The van der Waals surface area contributed by atoms with Crippen molar-refractivity contribution in [2.24, 2.45) is 0 Å². The number of amides is 1. The molecule has 0 spiro atoms. The number of rotatable bonds is 7. The fraction of sp³-hybridized carbons (Fsp3) is 0.182. The number of nitriles is 1. The van der Waals surface area contributed by atoms with E-state index < -0.39 is 5.97 Å². The number of carbonyl (C=O) groups excluding carboxylic acids is 1. The van der Waals surface area contributed by atoms with Gasteiger partial charge in [0.1, 0.15) is 12.4 Å². The largest absolute Gasteiger partial charge is 0.490 e. The number of carboxylic acid groups (broad SMARTS) is 1. The summed E-state index contributed by atoms with van der Waals surface area (Å²) in [6, 6.07) is 21.6. The molecule has 7 nitrogen and oxygen atoms in total. The fourth-order valence-electron chi connectivity index (χ4n) is 4.73. The SMILES string of the molecule is N#Cc1ccc(CNC(=O)c2ccc3c(c2)OCCN3CC2=C/CC#CC(c3ccccc3C(=O)O)/C=C\2)cc1. The van der Waals surface area contributed by atoms with Gasteiger partial charge in [-0.3, -0.25) is 4.79 Å². The van der Waals surface area contributed by atoms with Gasteiger partial charge in [0.15, 0.2) is 0 Å². The minimum atomic E-state index is -0.962. The second-order valence-corrected chi connectivity index (χ2v) is 9.48. The highest BCUT2D eigenvalue weighted by molar-refractivity contribution is 5.95. The first-order valence-electron chi connectivity index (χ1n) is 13.0. The molecular weight excluding hydrogens is 502 g/mol. The maximum absolute atomic E-state index is 12.8. The Balaban J connectivity index is 1.27. The van der Waals surface area contributed by atoms with Crippen molar-refractivity contribution >= 4 is 17.6 Å². The van der Waals surface area contributed by atoms with E-state index in [4.69, 9.17) is 10.00 Å². The maximum atomic E-state index is 12.8. The van der Waals surface area contributed by atoms with Crippen molar-refractivity contribution in [2.75, 3.05) is 24.6 Å². The highest BCUT2D eigenvalue weighted by Gasteiger charge is 2.21. The van der Waals surface area contributed by atoms with E-state index >= 15 is 0 Å². The Labute approximate surface area is 233 Å². The summed E-state index contributed by atoms with van der Waals surface area (Å²) in [5.41, 5.74) is 4.92. The predicted molar refractivity (Wildman–Crippen MR) is 152 cm³/mol. The summed E-state index contributed by atoms with van der Waals surface area (Å²) in [5, 5.41) is 21.5. The molecule has 3 aromatic rings. The number of nitrogens with one attached hydrogen (secondary N) is 1. The van der Waals surface area contributed by atoms with E-state index in [0.717, 1.165) is 16.8 Å². The van der Waals surface area contributed by atoms with E-state index in [2.05, 4.69) is 34.2 Å². The Morgan fingerprint density at radius 2 is 1.95 bits per heavy atom. The van der Waals surface area contributed by atoms with Crippen LogP contribution in [0.3, 0.4) is 0 Å². The fourth-order valence-corrected chi connectivity index (χ4v) is 4.73. The zero-order valence-corrected chi connectivity index (χ0v) is 21.8. The van der Waals surface area contributed by atoms with Crippen molar-refractivity contribution in [1.29, 1.82) is 5.26 Å². The standard InChI is InChI=1S/C33H27N3O4/c34-20-23-9-11-24(12-10-23)21-35-32(37)27-15-16-30-31(19-27)40-18-17-36(30)22-25-5-1-2-6-26(14-13-25)28-7-3-4-8-29(28)33(38)39/h3-5,7-16,19,26H,1,17-18,21-22H2,(H,35,37)(H,38,39)/b14-13-,25-5+. The molecule has 5 rings (SSSR count). The van der Waals surface area contributed by atoms with Crippen LogP contribution in [0, 0.1) is 23.2 Å². The number of hydrogen-bond donors (Lipinski definition) is 2. The van der Waals surface area contributed by atoms with E-state index in [9.17, 15) is 14.7 Å². The third-order valence-corrected chi connectivity index (χ3v) is 6.84. The average Bonchev–Trinajstić information content (AvgIpc) is 2.97. The van der Waals surface area contributed by atoms with Crippen molar-refractivity contribution in [2.45, 2.75) is 18.9 Å². The number of hydrogen-bond acceptors (Lipinski definition) is 5. The van der Waals surface area contributed by atoms with Crippen LogP contribution in [-0.4, -0.2) is 36.7 Å². The first-order valence-corrected chi connectivity index (χ1v) is 13.0. The van der Waals surface area contributed by atoms with Crippen molar-refractivity contribution in [3.8, 4) is 23.7 Å². The predicted octanol–water partition coefficient (Wildman–Crippen LogP) is 5.06. The molecule has 40 heavy (non-hydrogen) atoms. The van der Waals surface area contributed by atoms with Gasteiger partial charge < -0.3 is 20.1 Å². The summed E-state index contributed by atoms with van der Waals surface area (Å²) in [5.74, 6) is 5.53. The van der Waals surface area contributed by atoms with Crippen LogP contribution >= 0.6 is 0 Å². The molecule has 3 aromatic carbocycles. The van der Waals surface area contributed by atoms with Crippen LogP contribution in [0.15, 0.2) is 90.5 Å². The van der Waals surface area contributed by atoms with Gasteiger partial charge in [0, 0.05) is 25.1 Å². The molecule has 1 aliphatic heterocycles. The van der Waals surface area contributed by atoms with Crippen LogP contribution in [0.5, 0.6) is 5.75 Å². The molecule has 2 N–H and O–H groups in total. The van der Waals surface area contributed by atoms with E-state index in [1.165, 1.54) is 0 Å². The van der Waals surface area contributed by atoms with E-state index in [1.807, 2.05) is 42.5 Å². The Morgan fingerprint density at radius 3 is 2.75 bits per heavy atom. The first kappa shape index (κ1) is 26.3. The van der Waals surface area contributed by atoms with Gasteiger partial charge in [-0.15, -0.1) is 0 Å². The van der Waals surface area contributed by atoms with Crippen molar-refractivity contribution < 1.29 is 19.4 Å². The second kappa shape index (κ2) is 12.1. The molecule has 1 heterocycles. The van der Waals surface area contributed by atoms with Gasteiger partial charge in [0.25, 0.3) is 5.91 Å². The number of ether oxygens (including phenoxy) is 1. The van der Waals surface area contributed by atoms with Gasteiger partial charge >= 0.3 is 5.97 Å². The Kier molecular flexibility index (Phi) is 7.94. The van der Waals surface area contributed by atoms with Crippen molar-refractivity contribution in [1.82, 2.24) is 5.32 Å². The number of carbonyl (C=O) groups is 2. The average molecular weight is 530 g/mol. The Bertz CT molecular complexity index is 1600. The van der Waals surface area contributed by atoms with Crippen LogP contribution in [0.4, 0.5) is 5.69 Å². The molecule has 0 aromatic heterocycles. The molecule has 0 saturated heterocycles. The van der Waals surface area contributed by atoms with Crippen molar-refractivity contribution in [3.63, 3.8) is 0 Å². The molecule has 2 aliphatic rings. The van der Waals surface area contributed by atoms with Crippen LogP contribution in [-0.2, 0) is 6.54 Å². The summed E-state index contributed by atoms with van der Waals surface area (Å²) >= 11 is 0. The molecule has 1 aliphatic carbocycles. The highest BCUT2D eigenvalue weighted by atomic mass is 16.5. The van der Waals surface area contributed by atoms with Crippen LogP contribution < -0.4 is 15.0 Å². The lowest BCUT2D eigenvalue weighted by molar-refractivity contribution is 0.0695. The zero-order valence-electron chi connectivity index (χ0n) is 21.8. The molecule has 0 fully saturated rings. The molecule has 1 atom stereocenters. The molecule has 0 saturated carbocycles. The Morgan fingerprint density at radius 1 is 1.12 bits per heavy atom. The summed E-state index contributed by atoms with van der Waals surface area (Å²) in [4.78, 5) is 26.7. The number of nitrogens with zero attached hydrogens (tertiary/aromatic N) is 2. The van der Waals surface area contributed by atoms with Gasteiger partial charge in [0.05, 0.1) is 35.3 Å². The summed E-state index contributed by atoms with van der Waals surface area (Å²) < 4.78 is 5.91. The summed E-state index contributed by atoms with van der Waals surface area (Å²) in [6.45, 7) is 2.18. The van der Waals surface area contributed by atoms with Gasteiger partial charge in [-0.2, -0.15) is 5.26 Å². The van der Waals surface area contributed by atoms with Crippen LogP contribution in [0.1, 0.15) is 49.7 Å². The quantitative estimate of drug-likeness (QED) is 0.415. The van der Waals surface area contributed by atoms with Gasteiger partial charge in [-0.1, -0.05) is 60.4 Å². The van der Waals surface area contributed by atoms with Gasteiger partial charge in [-0.05, 0) is 53.1 Å². The van der Waals surface area contributed by atoms with E-state index in [0.29, 0.717) is 55.1 Å². The molecule has 1 amide bonds. The molecule has 7 heteroatoms. The van der Waals surface area contributed by atoms with E-state index in [1.54, 1.807) is 36.4 Å². The lowest BCUT2D eigenvalue weighted by Gasteiger charge is -2.32.